The Bertz CT molecular complexity index is 271. The summed E-state index contributed by atoms with van der Waals surface area (Å²) >= 11 is 0. The van der Waals surface area contributed by atoms with Gasteiger partial charge in [-0.25, -0.2) is 0 Å². The molecule has 0 saturated heterocycles. The molecule has 0 bridgehead atoms. The summed E-state index contributed by atoms with van der Waals surface area (Å²) in [5.41, 5.74) is 2.30. The Kier molecular flexibility index (Phi) is 3.17. The maximum absolute atomic E-state index is 4.11. The first-order chi connectivity index (χ1) is 5.72. The van der Waals surface area contributed by atoms with E-state index in [2.05, 4.69) is 22.4 Å². The molecular weight excluding hydrogens is 147 g/mol. The van der Waals surface area contributed by atoms with Gasteiger partial charge in [0.1, 0.15) is 0 Å². The summed E-state index contributed by atoms with van der Waals surface area (Å²) in [5.74, 6) is 0. The van der Waals surface area contributed by atoms with Crippen LogP contribution in [0.1, 0.15) is 5.56 Å². The monoisotopic (exact) mass is 160 g/mol. The second-order valence-corrected chi connectivity index (χ2v) is 3.07. The summed E-state index contributed by atoms with van der Waals surface area (Å²) in [6.45, 7) is 6.43. The molecule has 0 aliphatic carbocycles. The third-order valence-electron chi connectivity index (χ3n) is 1.55. The molecule has 0 amide bonds. The van der Waals surface area contributed by atoms with Gasteiger partial charge < -0.3 is 0 Å². The SMILES string of the molecule is C=Bc1cncc(CN(C)C)c1. The molecule has 1 aromatic rings. The summed E-state index contributed by atoms with van der Waals surface area (Å²) < 4.78 is 0. The van der Waals surface area contributed by atoms with Gasteiger partial charge in [-0.05, 0) is 0 Å². The first-order valence-electron chi connectivity index (χ1n) is 3.93. The Morgan fingerprint density at radius 3 is 2.83 bits per heavy atom. The van der Waals surface area contributed by atoms with Crippen molar-refractivity contribution in [1.29, 1.82) is 0 Å². The predicted octanol–water partition coefficient (Wildman–Crippen LogP) is -0.0953. The number of pyridine rings is 1. The average Bonchev–Trinajstić information content (AvgIpc) is 2.03. The third kappa shape index (κ3) is 2.59. The molecule has 0 aliphatic rings. The molecule has 0 N–H and O–H groups in total. The standard InChI is InChI=1S/C9H13BN2/c1-10-9-4-8(5-11-6-9)7-12(2)3/h4-6H,1,7H2,2-3H3. The van der Waals surface area contributed by atoms with E-state index >= 15 is 0 Å². The van der Waals surface area contributed by atoms with Gasteiger partial charge in [0.05, 0.1) is 0 Å². The number of rotatable bonds is 3. The van der Waals surface area contributed by atoms with Crippen LogP contribution in [-0.2, 0) is 6.54 Å². The Labute approximate surface area is 74.1 Å². The Hall–Kier alpha value is -0.955. The molecule has 0 atom stereocenters. The van der Waals surface area contributed by atoms with Crippen LogP contribution in [0.4, 0.5) is 0 Å². The molecule has 0 unspecified atom stereocenters. The molecule has 0 saturated carbocycles. The number of nitrogens with zero attached hydrogens (tertiary/aromatic N) is 2. The van der Waals surface area contributed by atoms with Gasteiger partial charge >= 0.3 is 73.4 Å². The summed E-state index contributed by atoms with van der Waals surface area (Å²) in [7, 11) is 4.08. The van der Waals surface area contributed by atoms with Crippen molar-refractivity contribution in [3.63, 3.8) is 0 Å². The zero-order chi connectivity index (χ0) is 8.97. The number of hydrogen-bond donors (Lipinski definition) is 0. The minimum atomic E-state index is 0.925. The second-order valence-electron chi connectivity index (χ2n) is 3.07. The second kappa shape index (κ2) is 4.17. The third-order valence-corrected chi connectivity index (χ3v) is 1.55. The van der Waals surface area contributed by atoms with Crippen LogP contribution in [0.25, 0.3) is 0 Å². The Morgan fingerprint density at radius 1 is 1.50 bits per heavy atom. The fraction of sp³-hybridized carbons (Fsp3) is 0.333. The van der Waals surface area contributed by atoms with E-state index in [-0.39, 0.29) is 0 Å². The molecule has 1 heterocycles. The van der Waals surface area contributed by atoms with Crippen molar-refractivity contribution in [2.24, 2.45) is 0 Å². The summed E-state index contributed by atoms with van der Waals surface area (Å²) in [4.78, 5) is 6.23. The van der Waals surface area contributed by atoms with Crippen LogP contribution in [-0.4, -0.2) is 37.4 Å². The normalized spacial score (nSPS) is 9.92. The van der Waals surface area contributed by atoms with Gasteiger partial charge in [-0.3, -0.25) is 0 Å². The molecule has 1 rings (SSSR count). The quantitative estimate of drug-likeness (QED) is 0.574. The van der Waals surface area contributed by atoms with Gasteiger partial charge in [0, 0.05) is 0 Å². The van der Waals surface area contributed by atoms with Crippen LogP contribution in [0.2, 0.25) is 0 Å². The molecule has 1 aromatic heterocycles. The first-order valence-corrected chi connectivity index (χ1v) is 3.93. The van der Waals surface area contributed by atoms with E-state index in [1.54, 1.807) is 0 Å². The van der Waals surface area contributed by atoms with Crippen LogP contribution < -0.4 is 5.46 Å². The van der Waals surface area contributed by atoms with E-state index in [0.29, 0.717) is 0 Å². The van der Waals surface area contributed by atoms with E-state index in [4.69, 9.17) is 0 Å². The molecule has 0 aliphatic heterocycles. The predicted molar refractivity (Wildman–Crippen MR) is 54.1 cm³/mol. The fourth-order valence-electron chi connectivity index (χ4n) is 1.07. The van der Waals surface area contributed by atoms with E-state index in [1.807, 2.05) is 33.4 Å². The molecule has 0 aromatic carbocycles. The molecule has 3 heteroatoms. The molecule has 12 heavy (non-hydrogen) atoms. The average molecular weight is 160 g/mol. The summed E-state index contributed by atoms with van der Waals surface area (Å²) in [6, 6.07) is 2.10. The van der Waals surface area contributed by atoms with Crippen molar-refractivity contribution in [3.8, 4) is 0 Å². The van der Waals surface area contributed by atoms with Gasteiger partial charge in [0.15, 0.2) is 0 Å². The van der Waals surface area contributed by atoms with Gasteiger partial charge in [0.25, 0.3) is 0 Å². The van der Waals surface area contributed by atoms with Crippen molar-refractivity contribution in [2.45, 2.75) is 6.54 Å². The Balaban J connectivity index is 2.79. The minimum absolute atomic E-state index is 0.925. The van der Waals surface area contributed by atoms with Crippen LogP contribution in [0, 0.1) is 0 Å². The van der Waals surface area contributed by atoms with Crippen molar-refractivity contribution in [2.75, 3.05) is 14.1 Å². The van der Waals surface area contributed by atoms with Crippen LogP contribution in [0.3, 0.4) is 0 Å². The van der Waals surface area contributed by atoms with Crippen LogP contribution in [0.5, 0.6) is 0 Å². The zero-order valence-electron chi connectivity index (χ0n) is 7.62. The number of hydrogen-bond acceptors (Lipinski definition) is 2. The molecule has 62 valence electrons. The van der Waals surface area contributed by atoms with Crippen molar-refractivity contribution >= 4 is 18.9 Å². The molecule has 2 nitrogen and oxygen atoms in total. The maximum atomic E-state index is 4.11. The molecule has 0 fully saturated rings. The number of aromatic nitrogens is 1. The first kappa shape index (κ1) is 9.14. The van der Waals surface area contributed by atoms with Gasteiger partial charge in [-0.15, -0.1) is 0 Å². The Morgan fingerprint density at radius 2 is 2.25 bits per heavy atom. The van der Waals surface area contributed by atoms with Crippen molar-refractivity contribution in [1.82, 2.24) is 9.88 Å². The molecular formula is C9H13BN2. The van der Waals surface area contributed by atoms with Crippen LogP contribution >= 0.6 is 0 Å². The van der Waals surface area contributed by atoms with E-state index in [9.17, 15) is 0 Å². The topological polar surface area (TPSA) is 16.1 Å². The molecule has 0 spiro atoms. The van der Waals surface area contributed by atoms with Crippen LogP contribution in [0.15, 0.2) is 18.5 Å². The molecule has 0 radical (unpaired) electrons. The van der Waals surface area contributed by atoms with E-state index < -0.39 is 0 Å². The van der Waals surface area contributed by atoms with Crippen molar-refractivity contribution < 1.29 is 0 Å². The van der Waals surface area contributed by atoms with Crippen molar-refractivity contribution in [3.05, 3.63) is 24.0 Å². The van der Waals surface area contributed by atoms with Gasteiger partial charge in [-0.1, -0.05) is 0 Å². The zero-order valence-corrected chi connectivity index (χ0v) is 7.62. The fourth-order valence-corrected chi connectivity index (χ4v) is 1.07. The van der Waals surface area contributed by atoms with Gasteiger partial charge in [0.2, 0.25) is 0 Å². The van der Waals surface area contributed by atoms with E-state index in [0.717, 1.165) is 12.0 Å². The van der Waals surface area contributed by atoms with Gasteiger partial charge in [-0.2, -0.15) is 0 Å². The van der Waals surface area contributed by atoms with E-state index in [1.165, 1.54) is 5.56 Å². The summed E-state index contributed by atoms with van der Waals surface area (Å²) in [5, 5.41) is 0. The summed E-state index contributed by atoms with van der Waals surface area (Å²) in [6.07, 6.45) is 3.69.